The van der Waals surface area contributed by atoms with Crippen LogP contribution in [0.25, 0.3) is 21.2 Å². The molecule has 0 saturated carbocycles. The molecule has 2 aromatic heterocycles. The number of hydrogen-bond acceptors (Lipinski definition) is 7. The molecule has 6 rings (SSSR count). The van der Waals surface area contributed by atoms with E-state index in [-0.39, 0.29) is 11.2 Å². The molecule has 3 aromatic carbocycles. The number of para-hydroxylation sites is 1. The van der Waals surface area contributed by atoms with E-state index in [0.717, 1.165) is 16.6 Å². The fraction of sp³-hybridized carbons (Fsp3) is 0.179. The topological polar surface area (TPSA) is 81.9 Å². The highest BCUT2D eigenvalue weighted by Gasteiger charge is 2.45. The van der Waals surface area contributed by atoms with Crippen LogP contribution in [0.4, 0.5) is 5.13 Å². The number of carbonyl (C=O) groups excluding carboxylic acids is 1. The van der Waals surface area contributed by atoms with Gasteiger partial charge in [-0.05, 0) is 53.9 Å². The minimum atomic E-state index is -0.737. The lowest BCUT2D eigenvalue weighted by Gasteiger charge is -2.23. The molecular weight excluding hydrogens is 476 g/mol. The van der Waals surface area contributed by atoms with E-state index >= 15 is 0 Å². The van der Waals surface area contributed by atoms with Crippen molar-refractivity contribution in [1.29, 1.82) is 0 Å². The molecule has 0 N–H and O–H groups in total. The normalized spacial score (nSPS) is 15.0. The third-order valence-corrected chi connectivity index (χ3v) is 7.57. The average molecular weight is 499 g/mol. The number of benzene rings is 3. The van der Waals surface area contributed by atoms with Gasteiger partial charge < -0.3 is 13.9 Å². The highest BCUT2D eigenvalue weighted by atomic mass is 32.1. The summed E-state index contributed by atoms with van der Waals surface area (Å²) in [5, 5.41) is 0.922. The SMILES string of the molecule is CCc1ccc2nc(N3C(=O)c4oc5ccccc5c(=O)c4[C@H]3c3ccc(OC)c(OC)c3)sc2c1. The summed E-state index contributed by atoms with van der Waals surface area (Å²) in [6, 6.07) is 17.7. The predicted molar refractivity (Wildman–Crippen MR) is 140 cm³/mol. The maximum Gasteiger partial charge on any atom is 0.297 e. The van der Waals surface area contributed by atoms with Crippen molar-refractivity contribution in [2.45, 2.75) is 19.4 Å². The number of rotatable bonds is 5. The van der Waals surface area contributed by atoms with Crippen molar-refractivity contribution < 1.29 is 18.7 Å². The minimum absolute atomic E-state index is 0.0342. The van der Waals surface area contributed by atoms with Crippen LogP contribution in [0.2, 0.25) is 0 Å². The summed E-state index contributed by atoms with van der Waals surface area (Å²) in [7, 11) is 3.11. The van der Waals surface area contributed by atoms with Crippen LogP contribution < -0.4 is 19.8 Å². The van der Waals surface area contributed by atoms with Gasteiger partial charge in [-0.25, -0.2) is 4.98 Å². The zero-order chi connectivity index (χ0) is 25.0. The van der Waals surface area contributed by atoms with Crippen LogP contribution in [0.15, 0.2) is 69.9 Å². The summed E-state index contributed by atoms with van der Waals surface area (Å²) < 4.78 is 17.9. The molecule has 0 bridgehead atoms. The molecule has 0 unspecified atom stereocenters. The largest absolute Gasteiger partial charge is 0.493 e. The number of hydrogen-bond donors (Lipinski definition) is 0. The van der Waals surface area contributed by atoms with Crippen LogP contribution in [-0.4, -0.2) is 25.1 Å². The van der Waals surface area contributed by atoms with Crippen LogP contribution in [0, 0.1) is 0 Å². The van der Waals surface area contributed by atoms with E-state index in [1.165, 1.54) is 16.9 Å². The second-order valence-electron chi connectivity index (χ2n) is 8.51. The van der Waals surface area contributed by atoms with Gasteiger partial charge >= 0.3 is 0 Å². The number of ether oxygens (including phenoxy) is 2. The van der Waals surface area contributed by atoms with Gasteiger partial charge in [0.05, 0.1) is 41.4 Å². The summed E-state index contributed by atoms with van der Waals surface area (Å²) in [4.78, 5) is 33.9. The molecule has 1 amide bonds. The Bertz CT molecular complexity index is 1720. The van der Waals surface area contributed by atoms with Gasteiger partial charge in [0.15, 0.2) is 22.1 Å². The molecule has 8 heteroatoms. The first-order valence-corrected chi connectivity index (χ1v) is 12.4. The third-order valence-electron chi connectivity index (χ3n) is 6.56. The number of thiazole rings is 1. The van der Waals surface area contributed by atoms with E-state index < -0.39 is 11.9 Å². The summed E-state index contributed by atoms with van der Waals surface area (Å²) in [6.07, 6.45) is 0.899. The van der Waals surface area contributed by atoms with E-state index in [1.54, 1.807) is 55.5 Å². The van der Waals surface area contributed by atoms with Gasteiger partial charge in [-0.2, -0.15) is 0 Å². The Kier molecular flexibility index (Phi) is 5.26. The Balaban J connectivity index is 1.62. The number of nitrogens with zero attached hydrogens (tertiary/aromatic N) is 2. The molecule has 0 saturated heterocycles. The Morgan fingerprint density at radius 3 is 2.58 bits per heavy atom. The van der Waals surface area contributed by atoms with Gasteiger partial charge in [0.1, 0.15) is 5.58 Å². The standard InChI is InChI=1S/C28H22N2O5S/c1-4-15-9-11-18-22(13-15)36-28(29-18)30-24(16-10-12-20(33-2)21(14-16)34-3)23-25(31)17-7-5-6-8-19(17)35-26(23)27(30)32/h5-14,24H,4H2,1-3H3/t24-/m1/s1. The van der Waals surface area contributed by atoms with Crippen molar-refractivity contribution in [2.75, 3.05) is 19.1 Å². The molecule has 0 aliphatic carbocycles. The predicted octanol–water partition coefficient (Wildman–Crippen LogP) is 5.73. The van der Waals surface area contributed by atoms with Crippen LogP contribution in [-0.2, 0) is 6.42 Å². The molecule has 180 valence electrons. The second-order valence-corrected chi connectivity index (χ2v) is 9.52. The molecule has 1 atom stereocenters. The van der Waals surface area contributed by atoms with Crippen LogP contribution in [0.1, 0.15) is 40.2 Å². The Morgan fingerprint density at radius 1 is 1.00 bits per heavy atom. The molecule has 0 fully saturated rings. The molecular formula is C28H22N2O5S. The number of amides is 1. The van der Waals surface area contributed by atoms with Crippen molar-refractivity contribution in [3.8, 4) is 11.5 Å². The summed E-state index contributed by atoms with van der Waals surface area (Å²) in [6.45, 7) is 2.10. The van der Waals surface area contributed by atoms with Gasteiger partial charge in [-0.15, -0.1) is 0 Å². The van der Waals surface area contributed by atoms with Gasteiger partial charge in [-0.3, -0.25) is 14.5 Å². The van der Waals surface area contributed by atoms with Crippen molar-refractivity contribution in [2.24, 2.45) is 0 Å². The zero-order valence-electron chi connectivity index (χ0n) is 19.9. The third kappa shape index (κ3) is 3.29. The zero-order valence-corrected chi connectivity index (χ0v) is 20.7. The number of methoxy groups -OCH3 is 2. The lowest BCUT2D eigenvalue weighted by atomic mass is 9.98. The lowest BCUT2D eigenvalue weighted by molar-refractivity contribution is 0.0971. The Labute approximate surface area is 210 Å². The summed E-state index contributed by atoms with van der Waals surface area (Å²) in [5.41, 5.74) is 3.10. The number of aryl methyl sites for hydroxylation is 1. The molecule has 36 heavy (non-hydrogen) atoms. The van der Waals surface area contributed by atoms with E-state index in [0.29, 0.717) is 38.7 Å². The van der Waals surface area contributed by atoms with E-state index in [9.17, 15) is 9.59 Å². The first-order valence-electron chi connectivity index (χ1n) is 11.5. The van der Waals surface area contributed by atoms with E-state index in [2.05, 4.69) is 13.0 Å². The first-order chi connectivity index (χ1) is 17.5. The maximum atomic E-state index is 13.9. The smallest absolute Gasteiger partial charge is 0.297 e. The van der Waals surface area contributed by atoms with Crippen molar-refractivity contribution in [3.05, 3.63) is 93.3 Å². The van der Waals surface area contributed by atoms with Gasteiger partial charge in [0.2, 0.25) is 5.76 Å². The summed E-state index contributed by atoms with van der Waals surface area (Å²) >= 11 is 1.42. The van der Waals surface area contributed by atoms with E-state index in [1.807, 2.05) is 18.2 Å². The Hall–Kier alpha value is -4.17. The van der Waals surface area contributed by atoms with Crippen LogP contribution in [0.5, 0.6) is 11.5 Å². The minimum Gasteiger partial charge on any atom is -0.493 e. The fourth-order valence-electron chi connectivity index (χ4n) is 4.74. The fourth-order valence-corrected chi connectivity index (χ4v) is 5.79. The monoisotopic (exact) mass is 498 g/mol. The quantitative estimate of drug-likeness (QED) is 0.308. The average Bonchev–Trinajstić information content (AvgIpc) is 3.46. The molecule has 5 aromatic rings. The highest BCUT2D eigenvalue weighted by Crippen LogP contribution is 2.45. The molecule has 0 spiro atoms. The number of anilines is 1. The number of fused-ring (bicyclic) bond motifs is 3. The number of aromatic nitrogens is 1. The molecule has 1 aliphatic heterocycles. The molecule has 7 nitrogen and oxygen atoms in total. The molecule has 1 aliphatic rings. The Morgan fingerprint density at radius 2 is 1.81 bits per heavy atom. The maximum absolute atomic E-state index is 13.9. The lowest BCUT2D eigenvalue weighted by Crippen LogP contribution is -2.29. The highest BCUT2D eigenvalue weighted by molar-refractivity contribution is 7.22. The van der Waals surface area contributed by atoms with Gasteiger partial charge in [0, 0.05) is 0 Å². The molecule has 3 heterocycles. The molecule has 0 radical (unpaired) electrons. The van der Waals surface area contributed by atoms with Gasteiger partial charge in [-0.1, -0.05) is 42.5 Å². The van der Waals surface area contributed by atoms with Crippen molar-refractivity contribution >= 4 is 43.6 Å². The van der Waals surface area contributed by atoms with Gasteiger partial charge in [0.25, 0.3) is 5.91 Å². The van der Waals surface area contributed by atoms with E-state index in [4.69, 9.17) is 18.9 Å². The second kappa shape index (κ2) is 8.49. The number of carbonyl (C=O) groups is 1. The van der Waals surface area contributed by atoms with Crippen molar-refractivity contribution in [3.63, 3.8) is 0 Å². The van der Waals surface area contributed by atoms with Crippen molar-refractivity contribution in [1.82, 2.24) is 4.98 Å². The first kappa shape index (κ1) is 22.3. The van der Waals surface area contributed by atoms with Crippen LogP contribution in [0.3, 0.4) is 0 Å². The van der Waals surface area contributed by atoms with Crippen LogP contribution >= 0.6 is 11.3 Å². The summed E-state index contributed by atoms with van der Waals surface area (Å²) in [5.74, 6) is 0.683.